The minimum Gasteiger partial charge on any atom is -0.493 e. The predicted octanol–water partition coefficient (Wildman–Crippen LogP) is 13.9. The Hall–Kier alpha value is -6.82. The number of rotatable bonds is 19. The van der Waals surface area contributed by atoms with Crippen molar-refractivity contribution in [3.63, 3.8) is 0 Å². The average Bonchev–Trinajstić information content (AvgIpc) is 4.49. The zero-order chi connectivity index (χ0) is 57.9. The number of aromatic nitrogens is 6. The van der Waals surface area contributed by atoms with Crippen LogP contribution in [0.4, 0.5) is 52.7 Å². The van der Waals surface area contributed by atoms with E-state index in [4.69, 9.17) is 37.4 Å². The third-order valence-corrected chi connectivity index (χ3v) is 13.9. The van der Waals surface area contributed by atoms with E-state index in [-0.39, 0.29) is 75.5 Å². The molecule has 2 aliphatic carbocycles. The number of carbonyl (C=O) groups is 2. The van der Waals surface area contributed by atoms with Gasteiger partial charge in [-0.2, -0.15) is 67.6 Å². The molecule has 2 fully saturated rings. The lowest BCUT2D eigenvalue weighted by atomic mass is 9.81. The first kappa shape index (κ1) is 59.8. The summed E-state index contributed by atoms with van der Waals surface area (Å²) in [7, 11) is 1.35. The van der Waals surface area contributed by atoms with Crippen molar-refractivity contribution in [1.82, 2.24) is 29.9 Å². The summed E-state index contributed by atoms with van der Waals surface area (Å²) in [6, 6.07) is 22.0. The highest BCUT2D eigenvalue weighted by atomic mass is 35.5. The van der Waals surface area contributed by atoms with E-state index in [2.05, 4.69) is 29.9 Å². The van der Waals surface area contributed by atoms with E-state index >= 15 is 0 Å². The summed E-state index contributed by atoms with van der Waals surface area (Å²) in [4.78, 5) is 60.2. The van der Waals surface area contributed by atoms with Gasteiger partial charge in [-0.25, -0.2) is 14.8 Å². The van der Waals surface area contributed by atoms with Crippen molar-refractivity contribution >= 4 is 34.8 Å². The Labute approximate surface area is 452 Å². The first-order valence-corrected chi connectivity index (χ1v) is 24.8. The fourth-order valence-corrected chi connectivity index (χ4v) is 7.92. The van der Waals surface area contributed by atoms with E-state index in [1.54, 1.807) is 48.5 Å². The second-order valence-corrected chi connectivity index (χ2v) is 19.9. The van der Waals surface area contributed by atoms with Crippen LogP contribution in [-0.4, -0.2) is 86.5 Å². The van der Waals surface area contributed by atoms with Crippen molar-refractivity contribution in [3.05, 3.63) is 117 Å². The molecule has 4 aromatic carbocycles. The number of aryl methyl sites for hydroxylation is 2. The molecule has 2 aliphatic rings. The number of ketones is 2. The molecular weight excluding hydrogens is 1120 g/mol. The molecule has 422 valence electrons. The third-order valence-electron chi connectivity index (χ3n) is 13.3. The topological polar surface area (TPSA) is 159 Å². The van der Waals surface area contributed by atoms with E-state index in [0.717, 1.165) is 25.7 Å². The molecule has 0 radical (unpaired) electrons. The second kappa shape index (κ2) is 23.5. The van der Waals surface area contributed by atoms with Crippen LogP contribution in [0.15, 0.2) is 89.7 Å². The lowest BCUT2D eigenvalue weighted by Gasteiger charge is -2.32. The number of alkyl halides is 12. The summed E-state index contributed by atoms with van der Waals surface area (Å²) in [5.41, 5.74) is -7.77. The largest absolute Gasteiger partial charge is 0.493 e. The molecule has 0 bridgehead atoms. The number of aromatic amines is 1. The summed E-state index contributed by atoms with van der Waals surface area (Å²) >= 11 is 12.6. The molecule has 79 heavy (non-hydrogen) atoms. The van der Waals surface area contributed by atoms with E-state index in [1.165, 1.54) is 43.5 Å². The number of ether oxygens (including phenoxy) is 3. The van der Waals surface area contributed by atoms with Gasteiger partial charge in [0.2, 0.25) is 10.8 Å². The van der Waals surface area contributed by atoms with Gasteiger partial charge < -0.3 is 14.2 Å². The molecule has 2 heterocycles. The molecule has 12 nitrogen and oxygen atoms in total. The Bertz CT molecular complexity index is 3190. The highest BCUT2D eigenvalue weighted by Crippen LogP contribution is 2.53. The monoisotopic (exact) mass is 1160 g/mol. The molecule has 2 aromatic heterocycles. The molecule has 2 saturated carbocycles. The van der Waals surface area contributed by atoms with Crippen LogP contribution in [0, 0.1) is 22.7 Å². The highest BCUT2D eigenvalue weighted by molar-refractivity contribution is 6.33. The van der Waals surface area contributed by atoms with Crippen LogP contribution >= 0.6 is 23.2 Å². The first-order chi connectivity index (χ1) is 36.9. The van der Waals surface area contributed by atoms with Gasteiger partial charge in [-0.3, -0.25) is 14.6 Å². The van der Waals surface area contributed by atoms with E-state index in [0.29, 0.717) is 47.7 Å². The summed E-state index contributed by atoms with van der Waals surface area (Å²) in [5.74, 6) is -1.17. The summed E-state index contributed by atoms with van der Waals surface area (Å²) in [6.07, 6.45) is -21.5. The number of nitrogens with one attached hydrogen (secondary N) is 1. The van der Waals surface area contributed by atoms with Gasteiger partial charge in [0.15, 0.2) is 29.0 Å². The van der Waals surface area contributed by atoms with Crippen molar-refractivity contribution in [3.8, 4) is 63.1 Å². The van der Waals surface area contributed by atoms with Crippen LogP contribution in [0.5, 0.6) is 17.5 Å². The molecule has 8 rings (SSSR count). The minimum absolute atomic E-state index is 0.0207. The number of H-pyrrole nitrogens is 1. The molecule has 0 amide bonds. The number of nitrogens with zero attached hydrogens (tertiary/aromatic N) is 5. The molecule has 0 spiro atoms. The quantitative estimate of drug-likeness (QED) is 0.0769. The van der Waals surface area contributed by atoms with Crippen LogP contribution in [0.25, 0.3) is 45.6 Å². The summed E-state index contributed by atoms with van der Waals surface area (Å²) in [5, 5.41) is 0.262. The Morgan fingerprint density at radius 1 is 0.544 bits per heavy atom. The third kappa shape index (κ3) is 14.1. The van der Waals surface area contributed by atoms with Crippen molar-refractivity contribution in [1.29, 1.82) is 0 Å². The van der Waals surface area contributed by atoms with Crippen molar-refractivity contribution in [2.75, 3.05) is 20.3 Å². The number of Topliss-reactive ketones (excluding diaryl/α,β-unsaturated/α-hetero) is 2. The molecule has 0 unspecified atom stereocenters. The summed E-state index contributed by atoms with van der Waals surface area (Å²) in [6.45, 7) is 0.959. The SMILES string of the molecule is CC(C(=O)CCc1ccc(Cl)c(-c2nc(-c3ccc(OCC4CC4)cc3)nc(=O)[nH]2)c1)(C(F)(F)F)C(F)(F)F.COc1nc(-c2ccc(OCC3CC3)cc2)nc(-c2cc(CCC(=O)C(C)(C(F)(F)F)C(F)(F)F)ccc2Cl)n1. The molecule has 0 saturated heterocycles. The fourth-order valence-electron chi connectivity index (χ4n) is 7.51. The van der Waals surface area contributed by atoms with E-state index in [9.17, 15) is 67.1 Å². The molecule has 26 heteroatoms. The smallest absolute Gasteiger partial charge is 0.409 e. The molecule has 1 N–H and O–H groups in total. The van der Waals surface area contributed by atoms with Crippen molar-refractivity contribution < 1.29 is 76.5 Å². The maximum atomic E-state index is 13.3. The van der Waals surface area contributed by atoms with Gasteiger partial charge in [0, 0.05) is 35.1 Å². The molecule has 0 atom stereocenters. The number of methoxy groups -OCH3 is 1. The van der Waals surface area contributed by atoms with Gasteiger partial charge >= 0.3 is 36.4 Å². The van der Waals surface area contributed by atoms with E-state index < -0.39 is 78.5 Å². The standard InChI is InChI=1S/C27H24ClF6N3O3.C26H22ClF6N3O3/c1-25(26(29,30)31,27(32,33)34)21(38)12-6-15-5-11-20(28)19(13-15)23-35-22(36-24(37-23)39-2)17-7-9-18(10-8-17)40-14-16-3-4-16;1-24(25(28,29)30,26(31,32)33)20(37)11-5-14-4-10-19(27)18(12-14)22-34-21(35-23(38)36-22)16-6-8-17(9-7-16)39-13-15-2-3-15/h5,7-11,13,16H,3-4,6,12,14H2,1-2H3;4,6-10,12,15H,2-3,5,11,13H2,1H3,(H,34,35,36,38). The average molecular weight is 1160 g/mol. The Morgan fingerprint density at radius 2 is 0.937 bits per heavy atom. The van der Waals surface area contributed by atoms with Crippen LogP contribution in [-0.2, 0) is 22.4 Å². The normalized spacial score (nSPS) is 14.3. The highest BCUT2D eigenvalue weighted by Gasteiger charge is 2.72. The maximum absolute atomic E-state index is 13.3. The Kier molecular flexibility index (Phi) is 17.8. The van der Waals surface area contributed by atoms with Gasteiger partial charge in [-0.1, -0.05) is 35.3 Å². The van der Waals surface area contributed by atoms with Gasteiger partial charge in [0.1, 0.15) is 17.3 Å². The lowest BCUT2D eigenvalue weighted by molar-refractivity contribution is -0.319. The van der Waals surface area contributed by atoms with E-state index in [1.807, 2.05) is 0 Å². The van der Waals surface area contributed by atoms with Gasteiger partial charge in [0.25, 0.3) is 0 Å². The van der Waals surface area contributed by atoms with Gasteiger partial charge in [-0.05, 0) is 148 Å². The number of hydrogen-bond donors (Lipinski definition) is 1. The number of hydrogen-bond acceptors (Lipinski definition) is 11. The van der Waals surface area contributed by atoms with Gasteiger partial charge in [0.05, 0.1) is 30.4 Å². The molecular formula is C53H46Cl2F12N6O6. The number of benzene rings is 4. The van der Waals surface area contributed by atoms with Crippen LogP contribution in [0.1, 0.15) is 63.5 Å². The zero-order valence-corrected chi connectivity index (χ0v) is 43.3. The lowest BCUT2D eigenvalue weighted by Crippen LogP contribution is -2.53. The Morgan fingerprint density at radius 3 is 1.34 bits per heavy atom. The molecule has 0 aliphatic heterocycles. The number of carbonyl (C=O) groups excluding carboxylic acids is 2. The summed E-state index contributed by atoms with van der Waals surface area (Å²) < 4.78 is 175. The van der Waals surface area contributed by atoms with Crippen molar-refractivity contribution in [2.45, 2.75) is 89.9 Å². The van der Waals surface area contributed by atoms with Gasteiger partial charge in [-0.15, -0.1) is 0 Å². The van der Waals surface area contributed by atoms with Crippen LogP contribution in [0.3, 0.4) is 0 Å². The first-order valence-electron chi connectivity index (χ1n) is 24.1. The number of halogens is 14. The van der Waals surface area contributed by atoms with Crippen molar-refractivity contribution in [2.24, 2.45) is 22.7 Å². The second-order valence-electron chi connectivity index (χ2n) is 19.1. The Balaban J connectivity index is 0.000000229. The minimum atomic E-state index is -5.81. The maximum Gasteiger partial charge on any atom is 0.409 e. The van der Waals surface area contributed by atoms with Crippen LogP contribution in [0.2, 0.25) is 10.0 Å². The fraction of sp³-hybridized carbons (Fsp3) is 0.396. The zero-order valence-electron chi connectivity index (χ0n) is 41.8. The molecule has 6 aromatic rings. The predicted molar refractivity (Wildman–Crippen MR) is 264 cm³/mol. The van der Waals surface area contributed by atoms with Crippen LogP contribution < -0.4 is 19.9 Å².